The van der Waals surface area contributed by atoms with Crippen LogP contribution in [-0.4, -0.2) is 41.9 Å². The van der Waals surface area contributed by atoms with Crippen molar-refractivity contribution in [1.82, 2.24) is 10.2 Å². The Labute approximate surface area is 124 Å². The Kier molecular flexibility index (Phi) is 3.68. The number of likely N-dealkylation sites (tertiary alicyclic amines) is 1. The second kappa shape index (κ2) is 5.48. The second-order valence-electron chi connectivity index (χ2n) is 6.16. The number of rotatable bonds is 3. The number of primary amides is 1. The summed E-state index contributed by atoms with van der Waals surface area (Å²) in [5.41, 5.74) is 6.29. The van der Waals surface area contributed by atoms with E-state index in [4.69, 9.17) is 5.73 Å². The molecule has 0 aromatic heterocycles. The molecule has 1 spiro atoms. The number of benzene rings is 1. The topological polar surface area (TPSA) is 75.4 Å². The molecule has 5 heteroatoms. The number of carbonyl (C=O) groups is 2. The average Bonchev–Trinajstić information content (AvgIpc) is 2.76. The zero-order valence-electron chi connectivity index (χ0n) is 12.0. The molecule has 2 aliphatic rings. The third-order valence-electron chi connectivity index (χ3n) is 4.61. The van der Waals surface area contributed by atoms with Gasteiger partial charge in [-0.1, -0.05) is 30.3 Å². The SMILES string of the molecule is NC(=O)CN1C[C@@H](c2ccccc2)[C@@]2(CCCC(=O)N2)C1. The molecule has 1 aromatic rings. The summed E-state index contributed by atoms with van der Waals surface area (Å²) < 4.78 is 0. The van der Waals surface area contributed by atoms with Gasteiger partial charge < -0.3 is 11.1 Å². The molecular weight excluding hydrogens is 266 g/mol. The van der Waals surface area contributed by atoms with Crippen molar-refractivity contribution in [3.63, 3.8) is 0 Å². The number of piperidine rings is 1. The Morgan fingerprint density at radius 2 is 2.14 bits per heavy atom. The quantitative estimate of drug-likeness (QED) is 0.855. The van der Waals surface area contributed by atoms with Crippen molar-refractivity contribution in [1.29, 1.82) is 0 Å². The number of hydrogen-bond acceptors (Lipinski definition) is 3. The van der Waals surface area contributed by atoms with Crippen LogP contribution >= 0.6 is 0 Å². The van der Waals surface area contributed by atoms with E-state index in [1.165, 1.54) is 5.56 Å². The van der Waals surface area contributed by atoms with E-state index in [1.54, 1.807) is 0 Å². The van der Waals surface area contributed by atoms with Crippen LogP contribution in [0.25, 0.3) is 0 Å². The minimum absolute atomic E-state index is 0.114. The molecule has 0 saturated carbocycles. The lowest BCUT2D eigenvalue weighted by Crippen LogP contribution is -2.56. The van der Waals surface area contributed by atoms with Crippen molar-refractivity contribution in [3.05, 3.63) is 35.9 Å². The fourth-order valence-corrected chi connectivity index (χ4v) is 3.80. The summed E-state index contributed by atoms with van der Waals surface area (Å²) >= 11 is 0. The predicted molar refractivity (Wildman–Crippen MR) is 79.5 cm³/mol. The molecule has 3 rings (SSSR count). The summed E-state index contributed by atoms with van der Waals surface area (Å²) in [5, 5.41) is 3.21. The highest BCUT2D eigenvalue weighted by Crippen LogP contribution is 2.41. The highest BCUT2D eigenvalue weighted by Gasteiger charge is 2.49. The third kappa shape index (κ3) is 2.78. The van der Waals surface area contributed by atoms with Crippen molar-refractivity contribution >= 4 is 11.8 Å². The van der Waals surface area contributed by atoms with Gasteiger partial charge in [0.1, 0.15) is 0 Å². The summed E-state index contributed by atoms with van der Waals surface area (Å²) in [4.78, 5) is 25.2. The molecule has 112 valence electrons. The average molecular weight is 287 g/mol. The zero-order valence-corrected chi connectivity index (χ0v) is 12.0. The summed E-state index contributed by atoms with van der Waals surface area (Å²) in [6, 6.07) is 10.2. The number of hydrogen-bond donors (Lipinski definition) is 2. The smallest absolute Gasteiger partial charge is 0.231 e. The first-order valence-electron chi connectivity index (χ1n) is 7.46. The Bertz CT molecular complexity index is 546. The molecule has 0 radical (unpaired) electrons. The Morgan fingerprint density at radius 1 is 1.38 bits per heavy atom. The minimum Gasteiger partial charge on any atom is -0.369 e. The molecule has 2 saturated heterocycles. The van der Waals surface area contributed by atoms with E-state index >= 15 is 0 Å². The second-order valence-corrected chi connectivity index (χ2v) is 6.16. The van der Waals surface area contributed by atoms with E-state index in [1.807, 2.05) is 18.2 Å². The van der Waals surface area contributed by atoms with Gasteiger partial charge >= 0.3 is 0 Å². The van der Waals surface area contributed by atoms with Crippen LogP contribution in [0.3, 0.4) is 0 Å². The molecule has 5 nitrogen and oxygen atoms in total. The van der Waals surface area contributed by atoms with Crippen molar-refractivity contribution in [2.24, 2.45) is 5.73 Å². The van der Waals surface area contributed by atoms with Gasteiger partial charge in [-0.25, -0.2) is 0 Å². The van der Waals surface area contributed by atoms with Crippen LogP contribution in [0.15, 0.2) is 30.3 Å². The maximum absolute atomic E-state index is 11.9. The van der Waals surface area contributed by atoms with E-state index in [-0.39, 0.29) is 29.8 Å². The maximum atomic E-state index is 11.9. The van der Waals surface area contributed by atoms with Crippen molar-refractivity contribution < 1.29 is 9.59 Å². The van der Waals surface area contributed by atoms with Crippen LogP contribution in [0.1, 0.15) is 30.7 Å². The summed E-state index contributed by atoms with van der Waals surface area (Å²) in [6.07, 6.45) is 2.45. The fourth-order valence-electron chi connectivity index (χ4n) is 3.80. The molecule has 2 fully saturated rings. The van der Waals surface area contributed by atoms with Gasteiger partial charge in [0, 0.05) is 25.4 Å². The number of nitrogens with two attached hydrogens (primary N) is 1. The Morgan fingerprint density at radius 3 is 2.81 bits per heavy atom. The summed E-state index contributed by atoms with van der Waals surface area (Å²) in [5.74, 6) is 0.00593. The molecule has 2 amide bonds. The van der Waals surface area contributed by atoms with Gasteiger partial charge in [0.15, 0.2) is 0 Å². The molecule has 2 atom stereocenters. The van der Waals surface area contributed by atoms with Crippen molar-refractivity contribution in [2.45, 2.75) is 30.7 Å². The van der Waals surface area contributed by atoms with Gasteiger partial charge in [-0.3, -0.25) is 14.5 Å². The summed E-state index contributed by atoms with van der Waals surface area (Å²) in [7, 11) is 0. The Hall–Kier alpha value is -1.88. The zero-order chi connectivity index (χ0) is 14.9. The van der Waals surface area contributed by atoms with Gasteiger partial charge in [0.25, 0.3) is 0 Å². The fraction of sp³-hybridized carbons (Fsp3) is 0.500. The molecule has 0 unspecified atom stereocenters. The molecule has 21 heavy (non-hydrogen) atoms. The molecule has 0 aliphatic carbocycles. The van der Waals surface area contributed by atoms with Crippen LogP contribution in [0.4, 0.5) is 0 Å². The van der Waals surface area contributed by atoms with Gasteiger partial charge in [-0.15, -0.1) is 0 Å². The predicted octanol–water partition coefficient (Wildman–Crippen LogP) is 0.610. The summed E-state index contributed by atoms with van der Waals surface area (Å²) in [6.45, 7) is 1.70. The highest BCUT2D eigenvalue weighted by atomic mass is 16.2. The van der Waals surface area contributed by atoms with Crippen molar-refractivity contribution in [2.75, 3.05) is 19.6 Å². The van der Waals surface area contributed by atoms with Crippen LogP contribution in [0, 0.1) is 0 Å². The van der Waals surface area contributed by atoms with Gasteiger partial charge in [-0.2, -0.15) is 0 Å². The van der Waals surface area contributed by atoms with Gasteiger partial charge in [0.05, 0.1) is 12.1 Å². The largest absolute Gasteiger partial charge is 0.369 e. The molecule has 3 N–H and O–H groups in total. The lowest BCUT2D eigenvalue weighted by molar-refractivity contribution is -0.125. The monoisotopic (exact) mass is 287 g/mol. The number of nitrogens with zero attached hydrogens (tertiary/aromatic N) is 1. The van der Waals surface area contributed by atoms with E-state index in [0.717, 1.165) is 19.4 Å². The minimum atomic E-state index is -0.319. The Balaban J connectivity index is 1.90. The van der Waals surface area contributed by atoms with Gasteiger partial charge in [0.2, 0.25) is 11.8 Å². The normalized spacial score (nSPS) is 29.5. The lowest BCUT2D eigenvalue weighted by atomic mass is 9.76. The van der Waals surface area contributed by atoms with Crippen molar-refractivity contribution in [3.8, 4) is 0 Å². The molecule has 1 aromatic carbocycles. The maximum Gasteiger partial charge on any atom is 0.231 e. The van der Waals surface area contributed by atoms with Gasteiger partial charge in [-0.05, 0) is 18.4 Å². The molecule has 0 bridgehead atoms. The first kappa shape index (κ1) is 14.1. The highest BCUT2D eigenvalue weighted by molar-refractivity contribution is 5.78. The van der Waals surface area contributed by atoms with Crippen LogP contribution in [0.5, 0.6) is 0 Å². The van der Waals surface area contributed by atoms with E-state index < -0.39 is 0 Å². The first-order valence-corrected chi connectivity index (χ1v) is 7.46. The van der Waals surface area contributed by atoms with Crippen LogP contribution < -0.4 is 11.1 Å². The van der Waals surface area contributed by atoms with E-state index in [9.17, 15) is 9.59 Å². The molecule has 2 aliphatic heterocycles. The number of amides is 2. The first-order chi connectivity index (χ1) is 10.1. The number of nitrogens with one attached hydrogen (secondary N) is 1. The molecular formula is C16H21N3O2. The standard InChI is InChI=1S/C16H21N3O2/c17-14(20)10-19-9-13(12-5-2-1-3-6-12)16(11-19)8-4-7-15(21)18-16/h1-3,5-6,13H,4,7-11H2,(H2,17,20)(H,18,21)/t13-,16+/m0/s1. The third-order valence-corrected chi connectivity index (χ3v) is 4.61. The molecule has 2 heterocycles. The van der Waals surface area contributed by atoms with E-state index in [0.29, 0.717) is 13.0 Å². The number of carbonyl (C=O) groups excluding carboxylic acids is 2. The van der Waals surface area contributed by atoms with Crippen LogP contribution in [0.2, 0.25) is 0 Å². The lowest BCUT2D eigenvalue weighted by Gasteiger charge is -2.39. The van der Waals surface area contributed by atoms with Crippen LogP contribution in [-0.2, 0) is 9.59 Å². The van der Waals surface area contributed by atoms with E-state index in [2.05, 4.69) is 22.3 Å².